The van der Waals surface area contributed by atoms with Crippen LogP contribution in [0.5, 0.6) is 0 Å². The summed E-state index contributed by atoms with van der Waals surface area (Å²) < 4.78 is 40.3. The van der Waals surface area contributed by atoms with E-state index >= 15 is 0 Å². The van der Waals surface area contributed by atoms with E-state index in [2.05, 4.69) is 10.6 Å². The lowest BCUT2D eigenvalue weighted by atomic mass is 9.89. The summed E-state index contributed by atoms with van der Waals surface area (Å²) in [6.45, 7) is 4.69. The van der Waals surface area contributed by atoms with Gasteiger partial charge in [-0.25, -0.2) is 13.6 Å². The predicted octanol–water partition coefficient (Wildman–Crippen LogP) is 2.36. The van der Waals surface area contributed by atoms with Crippen LogP contribution in [-0.2, 0) is 19.1 Å². The second-order valence-electron chi connectivity index (χ2n) is 8.88. The Bertz CT molecular complexity index is 890. The molecule has 2 aliphatic heterocycles. The average Bonchev–Trinajstić information content (AvgIpc) is 2.63. The first-order chi connectivity index (χ1) is 15.2. The Morgan fingerprint density at radius 1 is 1.16 bits per heavy atom. The molecule has 0 bridgehead atoms. The van der Waals surface area contributed by atoms with E-state index < -0.39 is 35.5 Å². The molecule has 32 heavy (non-hydrogen) atoms. The van der Waals surface area contributed by atoms with Crippen LogP contribution >= 0.6 is 0 Å². The van der Waals surface area contributed by atoms with Crippen molar-refractivity contribution in [3.8, 4) is 0 Å². The van der Waals surface area contributed by atoms with Crippen LogP contribution in [0.25, 0.3) is 0 Å². The smallest absolute Gasteiger partial charge is 0.407 e. The van der Waals surface area contributed by atoms with Gasteiger partial charge in [0.25, 0.3) is 0 Å². The Morgan fingerprint density at radius 2 is 1.81 bits per heavy atom. The number of hydrogen-bond donors (Lipinski definition) is 2. The fraction of sp³-hybridized carbons (Fsp3) is 0.591. The van der Waals surface area contributed by atoms with Crippen molar-refractivity contribution in [2.75, 3.05) is 18.0 Å². The van der Waals surface area contributed by atoms with Crippen LogP contribution < -0.4 is 15.5 Å². The van der Waals surface area contributed by atoms with Crippen molar-refractivity contribution < 1.29 is 32.6 Å². The number of carbonyl (C=O) groups is 3. The molecule has 2 saturated heterocycles. The van der Waals surface area contributed by atoms with Gasteiger partial charge in [0.1, 0.15) is 17.7 Å². The van der Waals surface area contributed by atoms with Crippen molar-refractivity contribution in [1.29, 1.82) is 0 Å². The Balaban J connectivity index is 1.26. The van der Waals surface area contributed by atoms with Gasteiger partial charge >= 0.3 is 6.09 Å². The molecule has 3 fully saturated rings. The van der Waals surface area contributed by atoms with Crippen LogP contribution in [0, 0.1) is 11.6 Å². The topological polar surface area (TPSA) is 97.0 Å². The summed E-state index contributed by atoms with van der Waals surface area (Å²) >= 11 is 0. The molecule has 1 aromatic carbocycles. The van der Waals surface area contributed by atoms with Crippen LogP contribution in [0.15, 0.2) is 12.1 Å². The van der Waals surface area contributed by atoms with Gasteiger partial charge in [0.15, 0.2) is 0 Å². The Kier molecular flexibility index (Phi) is 6.32. The van der Waals surface area contributed by atoms with Gasteiger partial charge in [0.05, 0.1) is 24.2 Å². The maximum Gasteiger partial charge on any atom is 0.407 e. The highest BCUT2D eigenvalue weighted by Crippen LogP contribution is 2.33. The lowest BCUT2D eigenvalue weighted by Crippen LogP contribution is -2.60. The van der Waals surface area contributed by atoms with Crippen molar-refractivity contribution in [2.45, 2.75) is 69.8 Å². The molecule has 3 amide bonds. The number of rotatable bonds is 6. The molecule has 2 N–H and O–H groups in total. The minimum Gasteiger partial charge on any atom is -0.446 e. The monoisotopic (exact) mass is 451 g/mol. The van der Waals surface area contributed by atoms with Gasteiger partial charge in [-0.05, 0) is 32.4 Å². The van der Waals surface area contributed by atoms with E-state index in [0.29, 0.717) is 31.6 Å². The lowest BCUT2D eigenvalue weighted by Gasteiger charge is -2.42. The normalized spacial score (nSPS) is 25.8. The summed E-state index contributed by atoms with van der Waals surface area (Å²) in [5, 5.41) is 4.87. The fourth-order valence-corrected chi connectivity index (χ4v) is 4.30. The highest BCUT2D eigenvalue weighted by Gasteiger charge is 2.36. The van der Waals surface area contributed by atoms with E-state index in [9.17, 15) is 23.2 Å². The quantitative estimate of drug-likeness (QED) is 0.645. The van der Waals surface area contributed by atoms with Gasteiger partial charge in [0, 0.05) is 43.6 Å². The number of halogens is 2. The molecule has 1 atom stereocenters. The molecule has 0 spiro atoms. The van der Waals surface area contributed by atoms with Crippen molar-refractivity contribution in [3.63, 3.8) is 0 Å². The number of hydrogen-bond acceptors (Lipinski definition) is 6. The van der Waals surface area contributed by atoms with Crippen molar-refractivity contribution in [2.24, 2.45) is 0 Å². The number of amides is 3. The molecule has 1 aromatic rings. The molecule has 3 aliphatic rings. The zero-order chi connectivity index (χ0) is 23.0. The van der Waals surface area contributed by atoms with Crippen molar-refractivity contribution in [3.05, 3.63) is 29.3 Å². The predicted molar refractivity (Wildman–Crippen MR) is 110 cm³/mol. The summed E-state index contributed by atoms with van der Waals surface area (Å²) in [5.74, 6) is -3.81. The zero-order valence-corrected chi connectivity index (χ0v) is 18.0. The second kappa shape index (κ2) is 9.01. The number of nitrogens with zero attached hydrogens (tertiary/aromatic N) is 1. The molecule has 0 radical (unpaired) electrons. The van der Waals surface area contributed by atoms with E-state index in [1.165, 1.54) is 12.1 Å². The molecule has 174 valence electrons. The largest absolute Gasteiger partial charge is 0.446 e. The maximum atomic E-state index is 14.7. The Hall–Kier alpha value is -2.75. The molecule has 8 nitrogen and oxygen atoms in total. The lowest BCUT2D eigenvalue weighted by molar-refractivity contribution is -0.134. The molecular formula is C22H27F2N3O5. The standard InChI is InChI=1S/C22H27F2N3O5/c1-11(2)31-14-7-15(8-14)32-22(30)25-12-9-27(10-12)13-5-17(23)20(18(24)6-13)16-3-4-19(28)26-21(16)29/h5-6,11-12,14-16H,3-4,7-10H2,1-2H3,(H,25,30)(H,26,28,29). The van der Waals surface area contributed by atoms with Crippen molar-refractivity contribution >= 4 is 23.6 Å². The van der Waals surface area contributed by atoms with Crippen LogP contribution in [0.1, 0.15) is 51.0 Å². The first-order valence-electron chi connectivity index (χ1n) is 10.9. The van der Waals surface area contributed by atoms with Crippen LogP contribution in [0.2, 0.25) is 0 Å². The first-order valence-corrected chi connectivity index (χ1v) is 10.9. The van der Waals surface area contributed by atoms with Gasteiger partial charge in [-0.1, -0.05) is 0 Å². The van der Waals surface area contributed by atoms with E-state index in [1.807, 2.05) is 13.8 Å². The Labute approximate surface area is 184 Å². The molecule has 0 aromatic heterocycles. The van der Waals surface area contributed by atoms with Crippen molar-refractivity contribution in [1.82, 2.24) is 10.6 Å². The molecule has 2 heterocycles. The fourth-order valence-electron chi connectivity index (χ4n) is 4.30. The molecular weight excluding hydrogens is 424 g/mol. The molecule has 1 unspecified atom stereocenters. The number of imide groups is 1. The van der Waals surface area contributed by atoms with E-state index in [1.54, 1.807) is 4.90 Å². The number of piperidine rings is 1. The Morgan fingerprint density at radius 3 is 2.41 bits per heavy atom. The number of benzene rings is 1. The number of carbonyl (C=O) groups excluding carboxylic acids is 3. The minimum atomic E-state index is -1.03. The number of anilines is 1. The summed E-state index contributed by atoms with van der Waals surface area (Å²) in [7, 11) is 0. The van der Waals surface area contributed by atoms with Crippen LogP contribution in [-0.4, -0.2) is 55.4 Å². The van der Waals surface area contributed by atoms with Gasteiger partial charge in [-0.3, -0.25) is 14.9 Å². The second-order valence-corrected chi connectivity index (χ2v) is 8.88. The average molecular weight is 451 g/mol. The third kappa shape index (κ3) is 4.85. The summed E-state index contributed by atoms with van der Waals surface area (Å²) in [4.78, 5) is 37.0. The third-order valence-corrected chi connectivity index (χ3v) is 6.01. The molecule has 4 rings (SSSR count). The van der Waals surface area contributed by atoms with Crippen LogP contribution in [0.3, 0.4) is 0 Å². The summed E-state index contributed by atoms with van der Waals surface area (Å²) in [6, 6.07) is 2.17. The SMILES string of the molecule is CC(C)OC1CC(OC(=O)NC2CN(c3cc(F)c(C4CCC(=O)NC4=O)c(F)c3)C2)C1. The third-order valence-electron chi connectivity index (χ3n) is 6.01. The number of nitrogens with one attached hydrogen (secondary N) is 2. The highest BCUT2D eigenvalue weighted by atomic mass is 19.1. The van der Waals surface area contributed by atoms with Gasteiger partial charge in [-0.15, -0.1) is 0 Å². The van der Waals surface area contributed by atoms with Crippen LogP contribution in [0.4, 0.5) is 19.3 Å². The molecule has 1 aliphatic carbocycles. The van der Waals surface area contributed by atoms with E-state index in [4.69, 9.17) is 9.47 Å². The molecule has 1 saturated carbocycles. The minimum absolute atomic E-state index is 0.0406. The number of alkyl carbamates (subject to hydrolysis) is 1. The van der Waals surface area contributed by atoms with E-state index in [-0.39, 0.29) is 42.8 Å². The maximum absolute atomic E-state index is 14.7. The highest BCUT2D eigenvalue weighted by molar-refractivity contribution is 6.01. The van der Waals surface area contributed by atoms with E-state index in [0.717, 1.165) is 0 Å². The number of ether oxygens (including phenoxy) is 2. The van der Waals surface area contributed by atoms with Gasteiger partial charge in [-0.2, -0.15) is 0 Å². The first kappa shape index (κ1) is 22.4. The molecule has 10 heteroatoms. The zero-order valence-electron chi connectivity index (χ0n) is 18.0. The summed E-state index contributed by atoms with van der Waals surface area (Å²) in [5.41, 5.74) is 0.00732. The van der Waals surface area contributed by atoms with Gasteiger partial charge < -0.3 is 19.7 Å². The van der Waals surface area contributed by atoms with Gasteiger partial charge in [0.2, 0.25) is 11.8 Å². The summed E-state index contributed by atoms with van der Waals surface area (Å²) in [6.07, 6.45) is 1.08.